The molecule has 33 heavy (non-hydrogen) atoms. The number of nitrogens with zero attached hydrogens (tertiary/aromatic N) is 1. The highest BCUT2D eigenvalue weighted by atomic mass is 32.2. The van der Waals surface area contributed by atoms with Crippen LogP contribution >= 0.6 is 0 Å². The summed E-state index contributed by atoms with van der Waals surface area (Å²) in [6.45, 7) is 4.79. The number of aryl methyl sites for hydroxylation is 1. The molecule has 2 aromatic carbocycles. The highest BCUT2D eigenvalue weighted by Crippen LogP contribution is 2.14. The summed E-state index contributed by atoms with van der Waals surface area (Å²) in [6.07, 6.45) is 0. The molecule has 0 saturated carbocycles. The number of hydrogen-bond donors (Lipinski definition) is 4. The van der Waals surface area contributed by atoms with E-state index >= 15 is 0 Å². The smallest absolute Gasteiger partial charge is 0.319 e. The maximum Gasteiger partial charge on any atom is 0.319 e. The highest BCUT2D eigenvalue weighted by molar-refractivity contribution is 7.89. The Morgan fingerprint density at radius 3 is 2.12 bits per heavy atom. The molecule has 0 aliphatic heterocycles. The van der Waals surface area contributed by atoms with Gasteiger partial charge in [-0.3, -0.25) is 20.4 Å². The van der Waals surface area contributed by atoms with Crippen molar-refractivity contribution in [3.8, 4) is 0 Å². The predicted octanol–water partition coefficient (Wildman–Crippen LogP) is 1.61. The van der Waals surface area contributed by atoms with E-state index in [0.29, 0.717) is 5.69 Å². The van der Waals surface area contributed by atoms with Gasteiger partial charge in [-0.25, -0.2) is 13.2 Å². The van der Waals surface area contributed by atoms with Gasteiger partial charge >= 0.3 is 6.03 Å². The molecular weight excluding hydrogens is 446 g/mol. The van der Waals surface area contributed by atoms with E-state index in [1.165, 1.54) is 19.2 Å². The number of benzene rings is 2. The van der Waals surface area contributed by atoms with Crippen LogP contribution in [0.15, 0.2) is 59.5 Å². The normalized spacial score (nSPS) is 12.2. The first-order valence-corrected chi connectivity index (χ1v) is 11.7. The number of likely N-dealkylation sites (N-methyl/N-ethyl adjacent to an activating group) is 1. The van der Waals surface area contributed by atoms with Gasteiger partial charge in [-0.15, -0.1) is 0 Å². The average Bonchev–Trinajstić information content (AvgIpc) is 2.76. The van der Waals surface area contributed by atoms with Gasteiger partial charge in [0.25, 0.3) is 11.8 Å². The van der Waals surface area contributed by atoms with Crippen molar-refractivity contribution in [3.63, 3.8) is 0 Å². The van der Waals surface area contributed by atoms with Gasteiger partial charge in [0, 0.05) is 12.7 Å². The van der Waals surface area contributed by atoms with Crippen LogP contribution in [-0.2, 0) is 19.6 Å². The fourth-order valence-corrected chi connectivity index (χ4v) is 3.92. The molecule has 178 valence electrons. The van der Waals surface area contributed by atoms with Crippen molar-refractivity contribution in [2.75, 3.05) is 18.9 Å². The molecule has 1 atom stereocenters. The number of hydrazine groups is 1. The number of urea groups is 1. The lowest BCUT2D eigenvalue weighted by Gasteiger charge is -2.22. The summed E-state index contributed by atoms with van der Waals surface area (Å²) < 4.78 is 26.1. The summed E-state index contributed by atoms with van der Waals surface area (Å²) in [7, 11) is -2.60. The molecule has 4 N–H and O–H groups in total. The Balaban J connectivity index is 1.90. The Hall–Kier alpha value is -3.44. The molecule has 0 bridgehead atoms. The molecule has 11 heteroatoms. The number of anilines is 1. The molecule has 0 heterocycles. The van der Waals surface area contributed by atoms with Crippen LogP contribution in [0.25, 0.3) is 0 Å². The molecule has 0 aliphatic carbocycles. The van der Waals surface area contributed by atoms with Crippen LogP contribution in [0.4, 0.5) is 10.5 Å². The summed E-state index contributed by atoms with van der Waals surface area (Å²) >= 11 is 0. The van der Waals surface area contributed by atoms with Crippen LogP contribution in [0.5, 0.6) is 0 Å². The lowest BCUT2D eigenvalue weighted by molar-refractivity contribution is -0.130. The van der Waals surface area contributed by atoms with E-state index in [9.17, 15) is 22.8 Å². The maximum atomic E-state index is 12.6. The molecule has 4 amide bonds. The number of carbonyl (C=O) groups excluding carboxylic acids is 3. The SMILES string of the molecule is Cc1ccc(S(=O)(=O)N(C)CC(=O)NNC(=O)C(NC(=O)Nc2ccccc2)C(C)C)cc1. The average molecular weight is 476 g/mol. The van der Waals surface area contributed by atoms with E-state index in [2.05, 4.69) is 21.5 Å². The number of nitrogens with one attached hydrogen (secondary N) is 4. The molecule has 0 spiro atoms. The van der Waals surface area contributed by atoms with Crippen LogP contribution in [0.3, 0.4) is 0 Å². The molecule has 0 fully saturated rings. The second-order valence-electron chi connectivity index (χ2n) is 7.80. The molecule has 10 nitrogen and oxygen atoms in total. The van der Waals surface area contributed by atoms with Crippen LogP contribution in [-0.4, -0.2) is 50.2 Å². The van der Waals surface area contributed by atoms with E-state index in [4.69, 9.17) is 0 Å². The first kappa shape index (κ1) is 25.8. The number of hydrogen-bond acceptors (Lipinski definition) is 5. The zero-order chi connectivity index (χ0) is 24.6. The third kappa shape index (κ3) is 7.58. The fourth-order valence-electron chi connectivity index (χ4n) is 2.79. The topological polar surface area (TPSA) is 137 Å². The van der Waals surface area contributed by atoms with Crippen molar-refractivity contribution in [3.05, 3.63) is 60.2 Å². The first-order chi connectivity index (χ1) is 15.5. The van der Waals surface area contributed by atoms with E-state index in [0.717, 1.165) is 9.87 Å². The van der Waals surface area contributed by atoms with Gasteiger partial charge in [-0.1, -0.05) is 49.7 Å². The zero-order valence-corrected chi connectivity index (χ0v) is 19.8. The minimum absolute atomic E-state index is 0.0564. The second kappa shape index (κ2) is 11.4. The van der Waals surface area contributed by atoms with Crippen molar-refractivity contribution in [1.29, 1.82) is 0 Å². The van der Waals surface area contributed by atoms with Gasteiger partial charge in [-0.05, 0) is 37.1 Å². The first-order valence-electron chi connectivity index (χ1n) is 10.2. The highest BCUT2D eigenvalue weighted by Gasteiger charge is 2.26. The largest absolute Gasteiger partial charge is 0.326 e. The minimum atomic E-state index is -3.87. The van der Waals surface area contributed by atoms with Gasteiger partial charge in [0.05, 0.1) is 11.4 Å². The van der Waals surface area contributed by atoms with Crippen molar-refractivity contribution >= 4 is 33.6 Å². The van der Waals surface area contributed by atoms with Crippen molar-refractivity contribution in [2.45, 2.75) is 31.7 Å². The lowest BCUT2D eigenvalue weighted by Crippen LogP contribution is -2.56. The van der Waals surface area contributed by atoms with E-state index in [1.807, 2.05) is 6.92 Å². The standard InChI is InChI=1S/C22H29N5O5S/c1-15(2)20(24-22(30)23-17-8-6-5-7-9-17)21(29)26-25-19(28)14-27(4)33(31,32)18-12-10-16(3)11-13-18/h5-13,15,20H,14H2,1-4H3,(H,25,28)(H,26,29)(H2,23,24,30). The zero-order valence-electron chi connectivity index (χ0n) is 19.0. The number of rotatable bonds is 8. The number of para-hydroxylation sites is 1. The van der Waals surface area contributed by atoms with Crippen molar-refractivity contribution in [1.82, 2.24) is 20.5 Å². The van der Waals surface area contributed by atoms with E-state index in [1.54, 1.807) is 56.3 Å². The van der Waals surface area contributed by atoms with Crippen LogP contribution in [0, 0.1) is 12.8 Å². The Labute approximate surface area is 193 Å². The quantitative estimate of drug-likeness (QED) is 0.430. The molecule has 0 saturated heterocycles. The molecule has 0 aromatic heterocycles. The van der Waals surface area contributed by atoms with Gasteiger partial charge in [0.15, 0.2) is 0 Å². The van der Waals surface area contributed by atoms with Gasteiger partial charge in [0.1, 0.15) is 6.04 Å². The molecular formula is C22H29N5O5S. The summed E-state index contributed by atoms with van der Waals surface area (Å²) in [5.74, 6) is -1.67. The third-order valence-electron chi connectivity index (χ3n) is 4.69. The van der Waals surface area contributed by atoms with Gasteiger partial charge in [-0.2, -0.15) is 4.31 Å². The van der Waals surface area contributed by atoms with Gasteiger partial charge < -0.3 is 10.6 Å². The van der Waals surface area contributed by atoms with Crippen LogP contribution in [0.1, 0.15) is 19.4 Å². The van der Waals surface area contributed by atoms with E-state index < -0.39 is 40.5 Å². The fraction of sp³-hybridized carbons (Fsp3) is 0.318. The summed E-state index contributed by atoms with van der Waals surface area (Å²) in [4.78, 5) is 37.0. The predicted molar refractivity (Wildman–Crippen MR) is 125 cm³/mol. The Morgan fingerprint density at radius 2 is 1.55 bits per heavy atom. The molecule has 2 rings (SSSR count). The Kier molecular flexibility index (Phi) is 8.94. The van der Waals surface area contributed by atoms with Crippen LogP contribution in [0.2, 0.25) is 0 Å². The summed E-state index contributed by atoms with van der Waals surface area (Å²) in [6, 6.07) is 13.4. The summed E-state index contributed by atoms with van der Waals surface area (Å²) in [5, 5.41) is 5.18. The van der Waals surface area contributed by atoms with Gasteiger partial charge in [0.2, 0.25) is 10.0 Å². The monoisotopic (exact) mass is 475 g/mol. The number of sulfonamides is 1. The second-order valence-corrected chi connectivity index (χ2v) is 9.84. The summed E-state index contributed by atoms with van der Waals surface area (Å²) in [5.41, 5.74) is 5.89. The Bertz CT molecular complexity index is 1070. The van der Waals surface area contributed by atoms with Crippen molar-refractivity contribution < 1.29 is 22.8 Å². The molecule has 0 aliphatic rings. The Morgan fingerprint density at radius 1 is 0.939 bits per heavy atom. The lowest BCUT2D eigenvalue weighted by atomic mass is 10.0. The third-order valence-corrected chi connectivity index (χ3v) is 6.51. The molecule has 0 radical (unpaired) electrons. The molecule has 2 aromatic rings. The number of carbonyl (C=O) groups is 3. The molecule has 1 unspecified atom stereocenters. The van der Waals surface area contributed by atoms with E-state index in [-0.39, 0.29) is 10.8 Å². The van der Waals surface area contributed by atoms with Crippen LogP contribution < -0.4 is 21.5 Å². The maximum absolute atomic E-state index is 12.6. The number of amides is 4. The van der Waals surface area contributed by atoms with Crippen molar-refractivity contribution in [2.24, 2.45) is 5.92 Å². The minimum Gasteiger partial charge on any atom is -0.326 e.